The van der Waals surface area contributed by atoms with Crippen molar-refractivity contribution in [2.24, 2.45) is 13.0 Å². The second-order valence-corrected chi connectivity index (χ2v) is 8.55. The van der Waals surface area contributed by atoms with E-state index in [0.717, 1.165) is 43.4 Å². The molecule has 0 spiro atoms. The van der Waals surface area contributed by atoms with Gasteiger partial charge in [-0.25, -0.2) is 0 Å². The highest BCUT2D eigenvalue weighted by Crippen LogP contribution is 2.27. The Bertz CT molecular complexity index is 824. The van der Waals surface area contributed by atoms with Crippen LogP contribution in [-0.4, -0.2) is 38.8 Å². The van der Waals surface area contributed by atoms with Crippen LogP contribution >= 0.6 is 0 Å². The van der Waals surface area contributed by atoms with E-state index in [0.29, 0.717) is 13.1 Å². The lowest BCUT2D eigenvalue weighted by atomic mass is 10.0. The average Bonchev–Trinajstić information content (AvgIpc) is 3.43. The van der Waals surface area contributed by atoms with Gasteiger partial charge in [0.15, 0.2) is 0 Å². The summed E-state index contributed by atoms with van der Waals surface area (Å²) >= 11 is 0. The Morgan fingerprint density at radius 2 is 1.77 bits per heavy atom. The molecule has 1 atom stereocenters. The maximum atomic E-state index is 13.5. The molecule has 2 aromatic rings. The van der Waals surface area contributed by atoms with Gasteiger partial charge in [-0.2, -0.15) is 0 Å². The number of carbonyl (C=O) groups is 2. The van der Waals surface area contributed by atoms with Crippen molar-refractivity contribution in [2.45, 2.75) is 65.1 Å². The van der Waals surface area contributed by atoms with Gasteiger partial charge in [0, 0.05) is 37.4 Å². The quantitative estimate of drug-likeness (QED) is 0.617. The van der Waals surface area contributed by atoms with Crippen molar-refractivity contribution in [3.63, 3.8) is 0 Å². The molecule has 3 rings (SSSR count). The summed E-state index contributed by atoms with van der Waals surface area (Å²) in [6, 6.07) is 14.2. The minimum Gasteiger partial charge on any atom is -0.353 e. The van der Waals surface area contributed by atoms with Crippen molar-refractivity contribution >= 4 is 11.8 Å². The van der Waals surface area contributed by atoms with E-state index in [9.17, 15) is 9.59 Å². The van der Waals surface area contributed by atoms with Crippen molar-refractivity contribution in [1.29, 1.82) is 0 Å². The van der Waals surface area contributed by atoms with Gasteiger partial charge in [0.2, 0.25) is 11.8 Å². The number of amides is 2. The van der Waals surface area contributed by atoms with Gasteiger partial charge in [-0.1, -0.05) is 50.1 Å². The van der Waals surface area contributed by atoms with Gasteiger partial charge in [0.1, 0.15) is 6.54 Å². The third kappa shape index (κ3) is 5.53. The Labute approximate surface area is 180 Å². The second kappa shape index (κ2) is 10.5. The summed E-state index contributed by atoms with van der Waals surface area (Å²) in [5.41, 5.74) is 2.17. The normalized spacial score (nSPS) is 15.2. The highest BCUT2D eigenvalue weighted by atomic mass is 16.2. The lowest BCUT2D eigenvalue weighted by Crippen LogP contribution is -2.48. The van der Waals surface area contributed by atoms with Crippen molar-refractivity contribution in [3.8, 4) is 0 Å². The molecule has 0 N–H and O–H groups in total. The summed E-state index contributed by atoms with van der Waals surface area (Å²) in [6.45, 7) is 5.36. The van der Waals surface area contributed by atoms with Crippen LogP contribution in [0.15, 0.2) is 48.7 Å². The molecular formula is C25H35N3O2. The predicted octanol–water partition coefficient (Wildman–Crippen LogP) is 4.37. The Balaban J connectivity index is 1.78. The largest absolute Gasteiger partial charge is 0.353 e. The molecule has 0 unspecified atom stereocenters. The monoisotopic (exact) mass is 409 g/mol. The fourth-order valence-corrected chi connectivity index (χ4v) is 4.22. The van der Waals surface area contributed by atoms with Gasteiger partial charge in [0.05, 0.1) is 6.54 Å². The van der Waals surface area contributed by atoms with E-state index in [1.54, 1.807) is 0 Å². The van der Waals surface area contributed by atoms with E-state index < -0.39 is 0 Å². The number of nitrogens with zero attached hydrogens (tertiary/aromatic N) is 3. The van der Waals surface area contributed by atoms with E-state index in [1.807, 2.05) is 70.1 Å². The number of carbonyl (C=O) groups excluding carboxylic acids is 2. The zero-order valence-electron chi connectivity index (χ0n) is 18.6. The summed E-state index contributed by atoms with van der Waals surface area (Å²) < 4.78 is 2.04. The van der Waals surface area contributed by atoms with Gasteiger partial charge in [-0.15, -0.1) is 0 Å². The molecule has 5 nitrogen and oxygen atoms in total. The van der Waals surface area contributed by atoms with Gasteiger partial charge in [0.25, 0.3) is 0 Å². The SMILES string of the molecule is CC[C@@H](C)N(CC(=O)N(Cc1ccccc1)Cc1cccn1C)C(=O)C1CCCC1. The first-order valence-electron chi connectivity index (χ1n) is 11.2. The summed E-state index contributed by atoms with van der Waals surface area (Å²) in [7, 11) is 2.00. The van der Waals surface area contributed by atoms with E-state index in [1.165, 1.54) is 0 Å². The Kier molecular flexibility index (Phi) is 7.72. The smallest absolute Gasteiger partial charge is 0.242 e. The molecular weight excluding hydrogens is 374 g/mol. The van der Waals surface area contributed by atoms with Crippen LogP contribution in [0.5, 0.6) is 0 Å². The van der Waals surface area contributed by atoms with E-state index in [2.05, 4.69) is 13.8 Å². The Hall–Kier alpha value is -2.56. The number of benzene rings is 1. The molecule has 1 aromatic carbocycles. The van der Waals surface area contributed by atoms with Gasteiger partial charge >= 0.3 is 0 Å². The van der Waals surface area contributed by atoms with Crippen molar-refractivity contribution < 1.29 is 9.59 Å². The van der Waals surface area contributed by atoms with Crippen molar-refractivity contribution in [3.05, 3.63) is 59.9 Å². The van der Waals surface area contributed by atoms with E-state index in [-0.39, 0.29) is 30.3 Å². The Morgan fingerprint density at radius 3 is 2.37 bits per heavy atom. The fraction of sp³-hybridized carbons (Fsp3) is 0.520. The average molecular weight is 410 g/mol. The molecule has 2 amide bonds. The zero-order valence-corrected chi connectivity index (χ0v) is 18.6. The third-order valence-corrected chi connectivity index (χ3v) is 6.39. The summed E-state index contributed by atoms with van der Waals surface area (Å²) in [5, 5.41) is 0. The second-order valence-electron chi connectivity index (χ2n) is 8.55. The molecule has 1 aromatic heterocycles. The predicted molar refractivity (Wildman–Crippen MR) is 120 cm³/mol. The molecule has 0 saturated heterocycles. The van der Waals surface area contributed by atoms with Crippen molar-refractivity contribution in [2.75, 3.05) is 6.54 Å². The van der Waals surface area contributed by atoms with Crippen LogP contribution in [0.2, 0.25) is 0 Å². The maximum Gasteiger partial charge on any atom is 0.242 e. The molecule has 0 aliphatic heterocycles. The highest BCUT2D eigenvalue weighted by Gasteiger charge is 2.31. The molecule has 0 bridgehead atoms. The molecule has 1 fully saturated rings. The lowest BCUT2D eigenvalue weighted by Gasteiger charge is -2.33. The van der Waals surface area contributed by atoms with Crippen LogP contribution < -0.4 is 0 Å². The number of rotatable bonds is 9. The van der Waals surface area contributed by atoms with Gasteiger partial charge in [-0.05, 0) is 43.9 Å². The number of hydrogen-bond acceptors (Lipinski definition) is 2. The van der Waals surface area contributed by atoms with Crippen molar-refractivity contribution in [1.82, 2.24) is 14.4 Å². The van der Waals surface area contributed by atoms with Crippen LogP contribution in [0.25, 0.3) is 0 Å². The minimum absolute atomic E-state index is 0.00620. The molecule has 5 heteroatoms. The van der Waals surface area contributed by atoms with E-state index in [4.69, 9.17) is 0 Å². The molecule has 162 valence electrons. The summed E-state index contributed by atoms with van der Waals surface area (Å²) in [4.78, 5) is 30.4. The van der Waals surface area contributed by atoms with Crippen LogP contribution in [-0.2, 0) is 29.7 Å². The van der Waals surface area contributed by atoms with E-state index >= 15 is 0 Å². The van der Waals surface area contributed by atoms with Gasteiger partial charge < -0.3 is 14.4 Å². The molecule has 1 heterocycles. The van der Waals surface area contributed by atoms with Crippen LogP contribution in [0.3, 0.4) is 0 Å². The standard InChI is InChI=1S/C25H35N3O2/c1-4-20(2)28(25(30)22-13-8-9-14-22)19-24(29)27(17-21-11-6-5-7-12-21)18-23-15-10-16-26(23)3/h5-7,10-12,15-16,20,22H,4,8-9,13-14,17-19H2,1-3H3/t20-/m1/s1. The first-order valence-corrected chi connectivity index (χ1v) is 11.2. The van der Waals surface area contributed by atoms with Gasteiger partial charge in [-0.3, -0.25) is 9.59 Å². The first kappa shape index (κ1) is 22.1. The molecule has 1 aliphatic rings. The number of aryl methyl sites for hydroxylation is 1. The minimum atomic E-state index is 0.00620. The Morgan fingerprint density at radius 1 is 1.07 bits per heavy atom. The molecule has 1 saturated carbocycles. The lowest BCUT2D eigenvalue weighted by molar-refractivity contribution is -0.145. The summed E-state index contributed by atoms with van der Waals surface area (Å²) in [6.07, 6.45) is 6.99. The van der Waals surface area contributed by atoms with Crippen LogP contribution in [0.4, 0.5) is 0 Å². The highest BCUT2D eigenvalue weighted by molar-refractivity contribution is 5.86. The number of hydrogen-bond donors (Lipinski definition) is 0. The summed E-state index contributed by atoms with van der Waals surface area (Å²) in [5.74, 6) is 0.252. The van der Waals surface area contributed by atoms with Crippen LogP contribution in [0, 0.1) is 5.92 Å². The fourth-order valence-electron chi connectivity index (χ4n) is 4.22. The van der Waals surface area contributed by atoms with Crippen LogP contribution in [0.1, 0.15) is 57.2 Å². The molecule has 0 radical (unpaired) electrons. The maximum absolute atomic E-state index is 13.5. The third-order valence-electron chi connectivity index (χ3n) is 6.39. The topological polar surface area (TPSA) is 45.6 Å². The number of aromatic nitrogens is 1. The molecule has 1 aliphatic carbocycles. The first-order chi connectivity index (χ1) is 14.5. The molecule has 30 heavy (non-hydrogen) atoms. The zero-order chi connectivity index (χ0) is 21.5.